The van der Waals surface area contributed by atoms with Crippen molar-refractivity contribution >= 4 is 40.8 Å². The van der Waals surface area contributed by atoms with Crippen LogP contribution in [-0.2, 0) is 10.2 Å². The van der Waals surface area contributed by atoms with Crippen LogP contribution in [0.3, 0.4) is 0 Å². The number of alkyl halides is 3. The highest BCUT2D eigenvalue weighted by Crippen LogP contribution is 2.46. The van der Waals surface area contributed by atoms with E-state index in [0.29, 0.717) is 21.7 Å². The first kappa shape index (κ1) is 30.7. The van der Waals surface area contributed by atoms with Gasteiger partial charge in [-0.1, -0.05) is 41.4 Å². The Hall–Kier alpha value is -3.27. The Kier molecular flexibility index (Phi) is 9.21. The number of likely N-dealkylation sites (tertiary alicyclic amines) is 1. The summed E-state index contributed by atoms with van der Waals surface area (Å²) in [4.78, 5) is 24.4. The third kappa shape index (κ3) is 7.15. The second-order valence-electron chi connectivity index (χ2n) is 10.4. The summed E-state index contributed by atoms with van der Waals surface area (Å²) in [5, 5.41) is 11.4. The van der Waals surface area contributed by atoms with Gasteiger partial charge in [0.25, 0.3) is 5.91 Å². The third-order valence-electron chi connectivity index (χ3n) is 7.43. The fraction of sp³-hybridized carbons (Fsp3) is 0.333. The maximum Gasteiger partial charge on any atom is 0.490 e. The van der Waals surface area contributed by atoms with Crippen LogP contribution in [0.25, 0.3) is 11.1 Å². The smallest absolute Gasteiger partial charge is 0.490 e. The van der Waals surface area contributed by atoms with Crippen LogP contribution in [0.2, 0.25) is 10.0 Å². The molecule has 2 N–H and O–H groups in total. The molecule has 3 aromatic carbocycles. The van der Waals surface area contributed by atoms with Crippen LogP contribution in [0.1, 0.15) is 42.6 Å². The molecule has 3 aromatic rings. The summed E-state index contributed by atoms with van der Waals surface area (Å²) in [5.41, 5.74) is 4.46. The van der Waals surface area contributed by atoms with Crippen molar-refractivity contribution in [3.05, 3.63) is 81.8 Å². The number of anilines is 1. The zero-order valence-corrected chi connectivity index (χ0v) is 23.9. The van der Waals surface area contributed by atoms with E-state index >= 15 is 0 Å². The number of rotatable bonds is 4. The summed E-state index contributed by atoms with van der Waals surface area (Å²) in [6, 6.07) is 19.4. The van der Waals surface area contributed by atoms with Gasteiger partial charge in [-0.2, -0.15) is 13.2 Å². The average molecular weight is 609 g/mol. The highest BCUT2D eigenvalue weighted by molar-refractivity contribution is 6.36. The Bertz CT molecular complexity index is 1420. The van der Waals surface area contributed by atoms with Crippen LogP contribution >= 0.6 is 23.2 Å². The molecular weight excluding hydrogens is 580 g/mol. The Morgan fingerprint density at radius 3 is 2.20 bits per heavy atom. The summed E-state index contributed by atoms with van der Waals surface area (Å²) in [6.07, 6.45) is -2.94. The van der Waals surface area contributed by atoms with Crippen LogP contribution in [0, 0.1) is 0 Å². The Morgan fingerprint density at radius 2 is 1.63 bits per heavy atom. The first-order chi connectivity index (χ1) is 19.3. The summed E-state index contributed by atoms with van der Waals surface area (Å²) < 4.78 is 37.8. The molecule has 0 bridgehead atoms. The third-order valence-corrected chi connectivity index (χ3v) is 7.98. The number of halogens is 5. The van der Waals surface area contributed by atoms with Gasteiger partial charge < -0.3 is 20.1 Å². The standard InChI is InChI=1S/C28H28Cl2N2O2.C2HF3O2/c1-18(2)32-13-11-28(12-14-32)17-34-26-10-8-22(16-24(26)28)31-27(33)20-5-3-19(4-6-20)23-9-7-21(29)15-25(23)30;3-2(4,5)1(6)7/h3-10,15-16,18H,11-14,17H2,1-2H3,(H,31,33);(H,6,7). The van der Waals surface area contributed by atoms with Crippen molar-refractivity contribution in [1.82, 2.24) is 4.90 Å². The Morgan fingerprint density at radius 1 is 1.00 bits per heavy atom. The lowest BCUT2D eigenvalue weighted by Crippen LogP contribution is -2.46. The number of ether oxygens (including phenoxy) is 1. The Labute approximate surface area is 246 Å². The van der Waals surface area contributed by atoms with Gasteiger partial charge in [0.2, 0.25) is 0 Å². The number of carbonyl (C=O) groups is 2. The van der Waals surface area contributed by atoms with Crippen molar-refractivity contribution in [1.29, 1.82) is 0 Å². The minimum Gasteiger partial charge on any atom is -0.492 e. The molecule has 41 heavy (non-hydrogen) atoms. The number of amides is 1. The highest BCUT2D eigenvalue weighted by Gasteiger charge is 2.43. The van der Waals surface area contributed by atoms with Gasteiger partial charge in [0.1, 0.15) is 5.75 Å². The van der Waals surface area contributed by atoms with Crippen molar-refractivity contribution in [3.8, 4) is 16.9 Å². The lowest BCUT2D eigenvalue weighted by atomic mass is 9.74. The summed E-state index contributed by atoms with van der Waals surface area (Å²) in [5.74, 6) is -1.95. The SMILES string of the molecule is CC(C)N1CCC2(CC1)COc1ccc(NC(=O)c3ccc(-c4ccc(Cl)cc4Cl)cc3)cc12.O=C(O)C(F)(F)F. The molecule has 218 valence electrons. The van der Waals surface area contributed by atoms with Gasteiger partial charge in [0.15, 0.2) is 0 Å². The van der Waals surface area contributed by atoms with Crippen molar-refractivity contribution in [3.63, 3.8) is 0 Å². The Balaban J connectivity index is 0.000000493. The molecule has 2 heterocycles. The van der Waals surface area contributed by atoms with E-state index in [4.69, 9.17) is 37.8 Å². The predicted molar refractivity (Wildman–Crippen MR) is 153 cm³/mol. The van der Waals surface area contributed by atoms with E-state index in [1.165, 1.54) is 5.56 Å². The first-order valence-electron chi connectivity index (χ1n) is 13.0. The molecule has 1 spiro atoms. The highest BCUT2D eigenvalue weighted by atomic mass is 35.5. The minimum atomic E-state index is -5.08. The van der Waals surface area contributed by atoms with E-state index in [0.717, 1.165) is 55.1 Å². The van der Waals surface area contributed by atoms with Crippen molar-refractivity contribution in [2.45, 2.75) is 44.3 Å². The summed E-state index contributed by atoms with van der Waals surface area (Å²) >= 11 is 12.3. The number of aliphatic carboxylic acids is 1. The van der Waals surface area contributed by atoms with E-state index in [-0.39, 0.29) is 11.3 Å². The molecule has 2 aliphatic heterocycles. The van der Waals surface area contributed by atoms with Gasteiger partial charge in [-0.3, -0.25) is 4.79 Å². The minimum absolute atomic E-state index is 0.0426. The predicted octanol–water partition coefficient (Wildman–Crippen LogP) is 7.68. The molecule has 6 nitrogen and oxygen atoms in total. The number of nitrogens with zero attached hydrogens (tertiary/aromatic N) is 1. The number of carboxylic acid groups (broad SMARTS) is 1. The van der Waals surface area contributed by atoms with Crippen molar-refractivity contribution < 1.29 is 32.6 Å². The van der Waals surface area contributed by atoms with Crippen LogP contribution in [0.15, 0.2) is 60.7 Å². The molecule has 0 aliphatic carbocycles. The van der Waals surface area contributed by atoms with Gasteiger partial charge in [0.05, 0.1) is 6.61 Å². The van der Waals surface area contributed by atoms with Gasteiger partial charge in [0, 0.05) is 43.9 Å². The quantitative estimate of drug-likeness (QED) is 0.317. The molecule has 5 rings (SSSR count). The number of benzene rings is 3. The number of piperidine rings is 1. The second kappa shape index (κ2) is 12.3. The second-order valence-corrected chi connectivity index (χ2v) is 11.2. The molecule has 11 heteroatoms. The van der Waals surface area contributed by atoms with E-state index < -0.39 is 12.1 Å². The molecule has 1 amide bonds. The first-order valence-corrected chi connectivity index (χ1v) is 13.7. The van der Waals surface area contributed by atoms with E-state index in [9.17, 15) is 18.0 Å². The lowest BCUT2D eigenvalue weighted by Gasteiger charge is -2.40. The van der Waals surface area contributed by atoms with Gasteiger partial charge in [-0.25, -0.2) is 4.79 Å². The lowest BCUT2D eigenvalue weighted by molar-refractivity contribution is -0.192. The molecule has 0 radical (unpaired) electrons. The normalized spacial score (nSPS) is 16.0. The van der Waals surface area contributed by atoms with Gasteiger partial charge in [-0.15, -0.1) is 0 Å². The summed E-state index contributed by atoms with van der Waals surface area (Å²) in [6.45, 7) is 7.37. The number of hydrogen-bond donors (Lipinski definition) is 2. The van der Waals surface area contributed by atoms with Crippen LogP contribution in [-0.4, -0.2) is 53.8 Å². The summed E-state index contributed by atoms with van der Waals surface area (Å²) in [7, 11) is 0. The maximum atomic E-state index is 13.0. The fourth-order valence-electron chi connectivity index (χ4n) is 5.05. The molecule has 1 fully saturated rings. The largest absolute Gasteiger partial charge is 0.492 e. The van der Waals surface area contributed by atoms with Crippen LogP contribution in [0.4, 0.5) is 18.9 Å². The zero-order valence-electron chi connectivity index (χ0n) is 22.4. The van der Waals surface area contributed by atoms with E-state index in [1.54, 1.807) is 12.1 Å². The average Bonchev–Trinajstić information content (AvgIpc) is 3.26. The molecule has 1 saturated heterocycles. The number of nitrogens with one attached hydrogen (secondary N) is 1. The zero-order chi connectivity index (χ0) is 29.9. The maximum absolute atomic E-state index is 13.0. The molecular formula is C30H29Cl2F3N2O4. The molecule has 0 saturated carbocycles. The van der Waals surface area contributed by atoms with E-state index in [1.807, 2.05) is 42.5 Å². The molecule has 0 atom stereocenters. The molecule has 2 aliphatic rings. The van der Waals surface area contributed by atoms with Crippen molar-refractivity contribution in [2.75, 3.05) is 25.0 Å². The monoisotopic (exact) mass is 608 g/mol. The van der Waals surface area contributed by atoms with Crippen molar-refractivity contribution in [2.24, 2.45) is 0 Å². The number of fused-ring (bicyclic) bond motifs is 2. The van der Waals surface area contributed by atoms with Crippen LogP contribution in [0.5, 0.6) is 5.75 Å². The number of carboxylic acids is 1. The van der Waals surface area contributed by atoms with Gasteiger partial charge in [-0.05, 0) is 87.8 Å². The van der Waals surface area contributed by atoms with Gasteiger partial charge >= 0.3 is 12.1 Å². The fourth-order valence-corrected chi connectivity index (χ4v) is 5.57. The van der Waals surface area contributed by atoms with Crippen LogP contribution < -0.4 is 10.1 Å². The number of carbonyl (C=O) groups excluding carboxylic acids is 1. The number of hydrogen-bond acceptors (Lipinski definition) is 4. The van der Waals surface area contributed by atoms with E-state index in [2.05, 4.69) is 30.1 Å². The molecule has 0 unspecified atom stereocenters. The molecule has 0 aromatic heterocycles. The topological polar surface area (TPSA) is 78.9 Å².